The lowest BCUT2D eigenvalue weighted by Crippen LogP contribution is -2.43. The molecule has 3 heterocycles. The van der Waals surface area contributed by atoms with Crippen molar-refractivity contribution in [2.75, 3.05) is 19.7 Å². The molecule has 1 saturated heterocycles. The van der Waals surface area contributed by atoms with Gasteiger partial charge in [-0.1, -0.05) is 0 Å². The van der Waals surface area contributed by atoms with Crippen LogP contribution in [-0.2, 0) is 9.53 Å². The Kier molecular flexibility index (Phi) is 4.61. The third-order valence-corrected chi connectivity index (χ3v) is 4.24. The van der Waals surface area contributed by atoms with Crippen LogP contribution in [0.15, 0.2) is 22.9 Å². The third kappa shape index (κ3) is 3.36. The number of piperidine rings is 1. The van der Waals surface area contributed by atoms with Gasteiger partial charge in [0.1, 0.15) is 0 Å². The van der Waals surface area contributed by atoms with Gasteiger partial charge in [0, 0.05) is 31.5 Å². The molecule has 1 aliphatic heterocycles. The minimum atomic E-state index is -0.253. The number of hydrogen-bond acceptors (Lipinski definition) is 5. The van der Waals surface area contributed by atoms with Gasteiger partial charge in [0.05, 0.1) is 17.0 Å². The van der Waals surface area contributed by atoms with Crippen molar-refractivity contribution < 1.29 is 14.3 Å². The fourth-order valence-corrected chi connectivity index (χ4v) is 3.03. The average molecular weight is 381 g/mol. The number of aromatic nitrogens is 3. The van der Waals surface area contributed by atoms with E-state index in [0.717, 1.165) is 17.3 Å². The predicted molar refractivity (Wildman–Crippen MR) is 85.9 cm³/mol. The molecule has 7 nitrogen and oxygen atoms in total. The molecule has 0 N–H and O–H groups in total. The smallest absolute Gasteiger partial charge is 0.310 e. The van der Waals surface area contributed by atoms with Crippen LogP contribution in [0.1, 0.15) is 30.3 Å². The third-order valence-electron chi connectivity index (χ3n) is 3.83. The number of rotatable bonds is 3. The van der Waals surface area contributed by atoms with E-state index in [4.69, 9.17) is 4.74 Å². The maximum atomic E-state index is 12.6. The molecule has 1 fully saturated rings. The molecule has 23 heavy (non-hydrogen) atoms. The molecule has 0 spiro atoms. The molecule has 122 valence electrons. The second-order valence-electron chi connectivity index (χ2n) is 5.45. The zero-order valence-electron chi connectivity index (χ0n) is 12.7. The van der Waals surface area contributed by atoms with E-state index in [9.17, 15) is 9.59 Å². The predicted octanol–water partition coefficient (Wildman–Crippen LogP) is 1.91. The molecule has 0 radical (unpaired) electrons. The number of fused-ring (bicyclic) bond motifs is 1. The quantitative estimate of drug-likeness (QED) is 0.760. The van der Waals surface area contributed by atoms with Crippen LogP contribution >= 0.6 is 15.9 Å². The van der Waals surface area contributed by atoms with E-state index in [1.807, 2.05) is 0 Å². The van der Waals surface area contributed by atoms with E-state index in [1.165, 1.54) is 0 Å². The van der Waals surface area contributed by atoms with Crippen LogP contribution in [0.3, 0.4) is 0 Å². The first-order chi connectivity index (χ1) is 11.1. The highest BCUT2D eigenvalue weighted by atomic mass is 79.9. The number of amides is 1. The van der Waals surface area contributed by atoms with Crippen molar-refractivity contribution in [2.45, 2.75) is 19.8 Å². The van der Waals surface area contributed by atoms with Crippen LogP contribution in [0, 0.1) is 5.92 Å². The van der Waals surface area contributed by atoms with Crippen molar-refractivity contribution in [3.05, 3.63) is 28.6 Å². The van der Waals surface area contributed by atoms with Gasteiger partial charge < -0.3 is 9.64 Å². The zero-order chi connectivity index (χ0) is 16.4. The number of likely N-dealkylation sites (tertiary alicyclic amines) is 1. The highest BCUT2D eigenvalue weighted by molar-refractivity contribution is 9.10. The molecule has 0 bridgehead atoms. The molecule has 0 aromatic carbocycles. The van der Waals surface area contributed by atoms with Gasteiger partial charge in [-0.3, -0.25) is 9.59 Å². The summed E-state index contributed by atoms with van der Waals surface area (Å²) in [6, 6.07) is 1.66. The van der Waals surface area contributed by atoms with Gasteiger partial charge >= 0.3 is 5.97 Å². The van der Waals surface area contributed by atoms with Gasteiger partial charge in [0.2, 0.25) is 0 Å². The molecule has 0 aliphatic carbocycles. The van der Waals surface area contributed by atoms with Crippen LogP contribution in [0.5, 0.6) is 0 Å². The molecule has 8 heteroatoms. The molecular formula is C15H17BrN4O3. The zero-order valence-corrected chi connectivity index (χ0v) is 14.3. The maximum absolute atomic E-state index is 12.6. The van der Waals surface area contributed by atoms with Crippen molar-refractivity contribution in [3.8, 4) is 0 Å². The Morgan fingerprint density at radius 2 is 2.30 bits per heavy atom. The summed E-state index contributed by atoms with van der Waals surface area (Å²) in [7, 11) is 0. The Balaban J connectivity index is 1.77. The van der Waals surface area contributed by atoms with E-state index >= 15 is 0 Å². The Bertz CT molecular complexity index is 745. The van der Waals surface area contributed by atoms with Crippen molar-refractivity contribution in [1.82, 2.24) is 19.5 Å². The molecule has 1 amide bonds. The summed E-state index contributed by atoms with van der Waals surface area (Å²) >= 11 is 3.32. The largest absolute Gasteiger partial charge is 0.466 e. The van der Waals surface area contributed by atoms with Gasteiger partial charge in [-0.05, 0) is 35.7 Å². The van der Waals surface area contributed by atoms with E-state index in [1.54, 1.807) is 34.8 Å². The highest BCUT2D eigenvalue weighted by Gasteiger charge is 2.30. The van der Waals surface area contributed by atoms with Crippen LogP contribution < -0.4 is 0 Å². The lowest BCUT2D eigenvalue weighted by Gasteiger charge is -2.30. The van der Waals surface area contributed by atoms with Crippen LogP contribution in [0.2, 0.25) is 0 Å². The van der Waals surface area contributed by atoms with Crippen molar-refractivity contribution in [3.63, 3.8) is 0 Å². The van der Waals surface area contributed by atoms with Crippen molar-refractivity contribution in [2.24, 2.45) is 5.92 Å². The fraction of sp³-hybridized carbons (Fsp3) is 0.467. The first-order valence-electron chi connectivity index (χ1n) is 7.55. The minimum absolute atomic E-state index is 0.180. The molecule has 0 saturated carbocycles. The molecule has 1 aliphatic rings. The monoisotopic (exact) mass is 380 g/mol. The summed E-state index contributed by atoms with van der Waals surface area (Å²) < 4.78 is 7.41. The van der Waals surface area contributed by atoms with Gasteiger partial charge in [-0.25, -0.2) is 9.50 Å². The number of nitrogens with zero attached hydrogens (tertiary/aromatic N) is 4. The van der Waals surface area contributed by atoms with Gasteiger partial charge in [-0.2, -0.15) is 5.10 Å². The SMILES string of the molecule is CCOC(=O)[C@H]1CCCN(C(=O)c2cc3ncc(Br)cn3n2)C1. The second kappa shape index (κ2) is 6.66. The number of ether oxygens (including phenoxy) is 1. The Morgan fingerprint density at radius 1 is 1.48 bits per heavy atom. The van der Waals surface area contributed by atoms with Crippen LogP contribution in [0.25, 0.3) is 5.65 Å². The van der Waals surface area contributed by atoms with Crippen molar-refractivity contribution in [1.29, 1.82) is 0 Å². The molecule has 2 aromatic rings. The Labute approximate surface area is 141 Å². The number of carbonyl (C=O) groups excluding carboxylic acids is 2. The lowest BCUT2D eigenvalue weighted by atomic mass is 9.98. The number of carbonyl (C=O) groups is 2. The van der Waals surface area contributed by atoms with Crippen LogP contribution in [-0.4, -0.2) is 51.1 Å². The first-order valence-corrected chi connectivity index (χ1v) is 8.34. The van der Waals surface area contributed by atoms with Crippen LogP contribution in [0.4, 0.5) is 0 Å². The first kappa shape index (κ1) is 15.9. The topological polar surface area (TPSA) is 76.8 Å². The van der Waals surface area contributed by atoms with E-state index < -0.39 is 0 Å². The molecular weight excluding hydrogens is 364 g/mol. The Hall–Kier alpha value is -1.96. The van der Waals surface area contributed by atoms with Crippen molar-refractivity contribution >= 4 is 33.5 Å². The van der Waals surface area contributed by atoms with E-state index in [2.05, 4.69) is 26.0 Å². The Morgan fingerprint density at radius 3 is 3.09 bits per heavy atom. The number of esters is 1. The molecule has 2 aromatic heterocycles. The lowest BCUT2D eigenvalue weighted by molar-refractivity contribution is -0.149. The summed E-state index contributed by atoms with van der Waals surface area (Å²) in [5, 5.41) is 4.27. The second-order valence-corrected chi connectivity index (χ2v) is 6.36. The summed E-state index contributed by atoms with van der Waals surface area (Å²) in [6.07, 6.45) is 4.94. The fourth-order valence-electron chi connectivity index (χ4n) is 2.73. The summed E-state index contributed by atoms with van der Waals surface area (Å²) in [4.78, 5) is 30.4. The van der Waals surface area contributed by atoms with Gasteiger partial charge in [-0.15, -0.1) is 0 Å². The molecule has 0 unspecified atom stereocenters. The normalized spacial score (nSPS) is 18.2. The summed E-state index contributed by atoms with van der Waals surface area (Å²) in [5.74, 6) is -0.664. The number of hydrogen-bond donors (Lipinski definition) is 0. The maximum Gasteiger partial charge on any atom is 0.310 e. The van der Waals surface area contributed by atoms with E-state index in [0.29, 0.717) is 31.0 Å². The number of halogens is 1. The van der Waals surface area contributed by atoms with E-state index in [-0.39, 0.29) is 17.8 Å². The summed E-state index contributed by atoms with van der Waals surface area (Å²) in [5.41, 5.74) is 0.940. The molecule has 3 rings (SSSR count). The van der Waals surface area contributed by atoms with Gasteiger partial charge in [0.25, 0.3) is 5.91 Å². The average Bonchev–Trinajstić information content (AvgIpc) is 2.97. The standard InChI is InChI=1S/C15H17BrN4O3/c1-2-23-15(22)10-4-3-5-19(8-10)14(21)12-6-13-17-7-11(16)9-20(13)18-12/h6-7,9-10H,2-5,8H2,1H3/t10-/m0/s1. The minimum Gasteiger partial charge on any atom is -0.466 e. The van der Waals surface area contributed by atoms with Gasteiger partial charge in [0.15, 0.2) is 11.3 Å². The highest BCUT2D eigenvalue weighted by Crippen LogP contribution is 2.20. The molecule has 1 atom stereocenters. The summed E-state index contributed by atoms with van der Waals surface area (Å²) in [6.45, 7) is 3.14.